The highest BCUT2D eigenvalue weighted by Crippen LogP contribution is 2.28. The molecule has 0 spiro atoms. The summed E-state index contributed by atoms with van der Waals surface area (Å²) in [7, 11) is 0. The molecule has 112 valence electrons. The van der Waals surface area contributed by atoms with E-state index in [4.69, 9.17) is 0 Å². The zero-order valence-electron chi connectivity index (χ0n) is 12.9. The minimum atomic E-state index is -0.776. The molecule has 1 aliphatic rings. The molecule has 2 N–H and O–H groups in total. The molecular weight excluding hydrogens is 246 g/mol. The first-order chi connectivity index (χ1) is 9.62. The summed E-state index contributed by atoms with van der Waals surface area (Å²) in [5.74, 6) is 0.938. The highest BCUT2D eigenvalue weighted by molar-refractivity contribution is 5.21. The van der Waals surface area contributed by atoms with Crippen molar-refractivity contribution < 1.29 is 5.11 Å². The summed E-state index contributed by atoms with van der Waals surface area (Å²) in [6.45, 7) is 4.82. The van der Waals surface area contributed by atoms with Crippen LogP contribution in [0, 0.1) is 5.92 Å². The minimum absolute atomic E-state index is 0.582. The molecule has 1 unspecified atom stereocenters. The maximum Gasteiger partial charge on any atom is 0.0992 e. The second kappa shape index (κ2) is 7.24. The second-order valence-corrected chi connectivity index (χ2v) is 6.53. The van der Waals surface area contributed by atoms with Crippen LogP contribution in [0.4, 0.5) is 0 Å². The Morgan fingerprint density at radius 3 is 2.40 bits per heavy atom. The van der Waals surface area contributed by atoms with Crippen molar-refractivity contribution in [2.75, 3.05) is 6.54 Å². The third kappa shape index (κ3) is 4.32. The Morgan fingerprint density at radius 1 is 1.15 bits per heavy atom. The van der Waals surface area contributed by atoms with E-state index in [1.807, 2.05) is 37.3 Å². The van der Waals surface area contributed by atoms with Crippen molar-refractivity contribution in [3.63, 3.8) is 0 Å². The molecule has 0 aliphatic heterocycles. The van der Waals surface area contributed by atoms with Gasteiger partial charge in [0.05, 0.1) is 5.60 Å². The number of hydrogen-bond donors (Lipinski definition) is 2. The van der Waals surface area contributed by atoms with Gasteiger partial charge in [-0.05, 0) is 44.1 Å². The van der Waals surface area contributed by atoms with Gasteiger partial charge in [-0.3, -0.25) is 0 Å². The van der Waals surface area contributed by atoms with Gasteiger partial charge in [0.25, 0.3) is 0 Å². The fourth-order valence-corrected chi connectivity index (χ4v) is 3.31. The highest BCUT2D eigenvalue weighted by Gasteiger charge is 2.26. The van der Waals surface area contributed by atoms with E-state index in [1.54, 1.807) is 0 Å². The van der Waals surface area contributed by atoms with E-state index >= 15 is 0 Å². The van der Waals surface area contributed by atoms with Crippen molar-refractivity contribution in [2.45, 2.75) is 64.0 Å². The molecule has 2 heteroatoms. The van der Waals surface area contributed by atoms with Gasteiger partial charge in [-0.1, -0.05) is 50.1 Å². The van der Waals surface area contributed by atoms with Gasteiger partial charge in [-0.15, -0.1) is 0 Å². The standard InChI is InChI=1S/C18H29NO/c1-3-7-15-10-12-17(13-11-15)19-14-18(2,20)16-8-5-4-6-9-16/h4-6,8-9,15,17,19-20H,3,7,10-14H2,1-2H3. The Labute approximate surface area is 123 Å². The molecule has 1 atom stereocenters. The molecule has 1 aliphatic carbocycles. The predicted octanol–water partition coefficient (Wildman–Crippen LogP) is 3.84. The first-order valence-electron chi connectivity index (χ1n) is 8.13. The summed E-state index contributed by atoms with van der Waals surface area (Å²) in [5, 5.41) is 14.2. The summed E-state index contributed by atoms with van der Waals surface area (Å²) in [6, 6.07) is 10.5. The van der Waals surface area contributed by atoms with Crippen LogP contribution in [-0.2, 0) is 5.60 Å². The van der Waals surface area contributed by atoms with Crippen molar-refractivity contribution in [1.82, 2.24) is 5.32 Å². The molecule has 2 rings (SSSR count). The molecular formula is C18H29NO. The van der Waals surface area contributed by atoms with Crippen LogP contribution in [0.3, 0.4) is 0 Å². The maximum atomic E-state index is 10.6. The molecule has 0 heterocycles. The molecule has 1 fully saturated rings. The normalized spacial score (nSPS) is 26.1. The van der Waals surface area contributed by atoms with Crippen LogP contribution in [0.2, 0.25) is 0 Å². The van der Waals surface area contributed by atoms with Crippen LogP contribution >= 0.6 is 0 Å². The van der Waals surface area contributed by atoms with Crippen LogP contribution in [0.1, 0.15) is 57.9 Å². The summed E-state index contributed by atoms with van der Waals surface area (Å²) < 4.78 is 0. The van der Waals surface area contributed by atoms with Gasteiger partial charge < -0.3 is 10.4 Å². The molecule has 0 radical (unpaired) electrons. The van der Waals surface area contributed by atoms with Crippen molar-refractivity contribution in [3.05, 3.63) is 35.9 Å². The Hall–Kier alpha value is -0.860. The summed E-state index contributed by atoms with van der Waals surface area (Å²) in [5.41, 5.74) is 0.216. The van der Waals surface area contributed by atoms with E-state index in [-0.39, 0.29) is 0 Å². The molecule has 2 nitrogen and oxygen atoms in total. The van der Waals surface area contributed by atoms with E-state index in [9.17, 15) is 5.11 Å². The number of hydrogen-bond acceptors (Lipinski definition) is 2. The second-order valence-electron chi connectivity index (χ2n) is 6.53. The largest absolute Gasteiger partial charge is 0.384 e. The lowest BCUT2D eigenvalue weighted by Crippen LogP contribution is -2.42. The predicted molar refractivity (Wildman–Crippen MR) is 84.7 cm³/mol. The van der Waals surface area contributed by atoms with Gasteiger partial charge in [0, 0.05) is 12.6 Å². The number of benzene rings is 1. The quantitative estimate of drug-likeness (QED) is 0.826. The summed E-state index contributed by atoms with van der Waals surface area (Å²) in [4.78, 5) is 0. The molecule has 1 saturated carbocycles. The molecule has 0 bridgehead atoms. The highest BCUT2D eigenvalue weighted by atomic mass is 16.3. The first kappa shape index (κ1) is 15.5. The van der Waals surface area contributed by atoms with Crippen molar-refractivity contribution in [3.8, 4) is 0 Å². The van der Waals surface area contributed by atoms with Gasteiger partial charge in [0.2, 0.25) is 0 Å². The monoisotopic (exact) mass is 275 g/mol. The van der Waals surface area contributed by atoms with E-state index in [0.717, 1.165) is 11.5 Å². The lowest BCUT2D eigenvalue weighted by atomic mass is 9.83. The van der Waals surface area contributed by atoms with E-state index < -0.39 is 5.60 Å². The molecule has 0 aromatic heterocycles. The van der Waals surface area contributed by atoms with Gasteiger partial charge in [-0.2, -0.15) is 0 Å². The van der Waals surface area contributed by atoms with E-state index in [1.165, 1.54) is 38.5 Å². The molecule has 0 amide bonds. The number of nitrogens with one attached hydrogen (secondary N) is 1. The average Bonchev–Trinajstić information content (AvgIpc) is 2.48. The van der Waals surface area contributed by atoms with Crippen LogP contribution in [0.5, 0.6) is 0 Å². The van der Waals surface area contributed by atoms with Crippen LogP contribution in [0.15, 0.2) is 30.3 Å². The van der Waals surface area contributed by atoms with E-state index in [2.05, 4.69) is 12.2 Å². The van der Waals surface area contributed by atoms with Gasteiger partial charge >= 0.3 is 0 Å². The third-order valence-electron chi connectivity index (χ3n) is 4.67. The molecule has 1 aromatic rings. The molecule has 20 heavy (non-hydrogen) atoms. The summed E-state index contributed by atoms with van der Waals surface area (Å²) in [6.07, 6.45) is 7.91. The SMILES string of the molecule is CCCC1CCC(NCC(C)(O)c2ccccc2)CC1. The first-order valence-corrected chi connectivity index (χ1v) is 8.13. The maximum absolute atomic E-state index is 10.6. The molecule has 0 saturated heterocycles. The Kier molecular flexibility index (Phi) is 5.62. The van der Waals surface area contributed by atoms with Crippen LogP contribution in [0.25, 0.3) is 0 Å². The zero-order chi connectivity index (χ0) is 14.4. The Balaban J connectivity index is 1.78. The third-order valence-corrected chi connectivity index (χ3v) is 4.67. The number of aliphatic hydroxyl groups is 1. The smallest absolute Gasteiger partial charge is 0.0992 e. The van der Waals surface area contributed by atoms with Crippen molar-refractivity contribution in [2.24, 2.45) is 5.92 Å². The minimum Gasteiger partial charge on any atom is -0.384 e. The fourth-order valence-electron chi connectivity index (χ4n) is 3.31. The average molecular weight is 275 g/mol. The van der Waals surface area contributed by atoms with Gasteiger partial charge in [-0.25, -0.2) is 0 Å². The Bertz CT molecular complexity index is 380. The fraction of sp³-hybridized carbons (Fsp3) is 0.667. The van der Waals surface area contributed by atoms with Gasteiger partial charge in [0.1, 0.15) is 0 Å². The van der Waals surface area contributed by atoms with Crippen LogP contribution < -0.4 is 5.32 Å². The van der Waals surface area contributed by atoms with Crippen molar-refractivity contribution in [1.29, 1.82) is 0 Å². The molecule has 1 aromatic carbocycles. The Morgan fingerprint density at radius 2 is 1.80 bits per heavy atom. The lowest BCUT2D eigenvalue weighted by molar-refractivity contribution is 0.0513. The number of rotatable bonds is 6. The van der Waals surface area contributed by atoms with E-state index in [0.29, 0.717) is 12.6 Å². The summed E-state index contributed by atoms with van der Waals surface area (Å²) >= 11 is 0. The zero-order valence-corrected chi connectivity index (χ0v) is 12.9. The topological polar surface area (TPSA) is 32.3 Å². The van der Waals surface area contributed by atoms with Crippen molar-refractivity contribution >= 4 is 0 Å². The van der Waals surface area contributed by atoms with Gasteiger partial charge in [0.15, 0.2) is 0 Å². The lowest BCUT2D eigenvalue weighted by Gasteiger charge is -2.32. The van der Waals surface area contributed by atoms with Crippen LogP contribution in [-0.4, -0.2) is 17.7 Å².